The number of phenolic OH excluding ortho intramolecular Hbond substituents is 1. The number of rotatable bonds is 8. The highest BCUT2D eigenvalue weighted by atomic mass is 16.6. The van der Waals surface area contributed by atoms with Crippen LogP contribution >= 0.6 is 0 Å². The Labute approximate surface area is 219 Å². The zero-order chi connectivity index (χ0) is 28.6. The van der Waals surface area contributed by atoms with Crippen LogP contribution < -0.4 is 9.80 Å². The normalized spacial score (nSPS) is 10.0. The Morgan fingerprint density at radius 2 is 1.11 bits per heavy atom. The van der Waals surface area contributed by atoms with Gasteiger partial charge in [0.05, 0.1) is 26.9 Å². The van der Waals surface area contributed by atoms with Crippen LogP contribution in [0.2, 0.25) is 0 Å². The van der Waals surface area contributed by atoms with Crippen LogP contribution in [0.4, 0.5) is 28.4 Å². The number of hydrogen-bond acceptors (Lipinski definition) is 9. The van der Waals surface area contributed by atoms with Gasteiger partial charge in [-0.3, -0.25) is 30.3 Å². The number of benzene rings is 3. The third-order valence-electron chi connectivity index (χ3n) is 5.46. The second kappa shape index (κ2) is 12.8. The summed E-state index contributed by atoms with van der Waals surface area (Å²) in [5.74, 6) is -1.21. The standard InChI is InChI=1S/C20H26N2.C6H3N3O7/c1-6-7-20(16-8-12-18(13-9-16)21(2)3)17-10-14-19(15-11-17)22(4)5;10-6-4(8(13)14)1-3(7(11)12)2-5(6)9(15)16/h7-15H,6H2,1-5H3;1-2,10H. The lowest BCUT2D eigenvalue weighted by Gasteiger charge is -2.16. The Kier molecular flexibility index (Phi) is 9.85. The maximum atomic E-state index is 10.4. The van der Waals surface area contributed by atoms with Crippen molar-refractivity contribution >= 4 is 34.0 Å². The molecule has 0 aliphatic heterocycles. The SMILES string of the molecule is CCC=C(c1ccc(N(C)C)cc1)c1ccc(N(C)C)cc1.O=[N+]([O-])c1cc([N+](=O)[O-])c(O)c([N+](=O)[O-])c1. The Morgan fingerprint density at radius 3 is 1.37 bits per heavy atom. The van der Waals surface area contributed by atoms with Gasteiger partial charge in [0.2, 0.25) is 0 Å². The van der Waals surface area contributed by atoms with Gasteiger partial charge in [0.1, 0.15) is 0 Å². The lowest BCUT2D eigenvalue weighted by molar-refractivity contribution is -0.404. The van der Waals surface area contributed by atoms with Crippen molar-refractivity contribution in [2.24, 2.45) is 0 Å². The molecule has 0 amide bonds. The summed E-state index contributed by atoms with van der Waals surface area (Å²) in [6.45, 7) is 2.18. The van der Waals surface area contributed by atoms with E-state index in [1.54, 1.807) is 0 Å². The molecule has 3 aromatic rings. The molecule has 200 valence electrons. The molecule has 0 atom stereocenters. The van der Waals surface area contributed by atoms with Crippen LogP contribution in [0.5, 0.6) is 5.75 Å². The van der Waals surface area contributed by atoms with Gasteiger partial charge < -0.3 is 14.9 Å². The van der Waals surface area contributed by atoms with Gasteiger partial charge in [-0.1, -0.05) is 37.3 Å². The lowest BCUT2D eigenvalue weighted by Crippen LogP contribution is -2.08. The number of phenols is 1. The second-order valence-corrected chi connectivity index (χ2v) is 8.51. The van der Waals surface area contributed by atoms with Crippen molar-refractivity contribution in [3.63, 3.8) is 0 Å². The zero-order valence-electron chi connectivity index (χ0n) is 21.7. The first-order valence-corrected chi connectivity index (χ1v) is 11.4. The van der Waals surface area contributed by atoms with E-state index in [-0.39, 0.29) is 0 Å². The molecule has 0 unspecified atom stereocenters. The first-order valence-electron chi connectivity index (χ1n) is 11.4. The first-order chi connectivity index (χ1) is 17.9. The molecule has 0 saturated carbocycles. The fraction of sp³-hybridized carbons (Fsp3) is 0.231. The highest BCUT2D eigenvalue weighted by Crippen LogP contribution is 2.39. The molecule has 0 heterocycles. The van der Waals surface area contributed by atoms with Crippen molar-refractivity contribution in [3.05, 3.63) is 108 Å². The summed E-state index contributed by atoms with van der Waals surface area (Å²) in [7, 11) is 8.27. The summed E-state index contributed by atoms with van der Waals surface area (Å²) in [5, 5.41) is 40.2. The van der Waals surface area contributed by atoms with E-state index in [4.69, 9.17) is 5.11 Å². The zero-order valence-corrected chi connectivity index (χ0v) is 21.7. The van der Waals surface area contributed by atoms with E-state index in [9.17, 15) is 30.3 Å². The molecule has 0 fully saturated rings. The summed E-state index contributed by atoms with van der Waals surface area (Å²) >= 11 is 0. The van der Waals surface area contributed by atoms with Crippen LogP contribution in [-0.2, 0) is 0 Å². The summed E-state index contributed by atoms with van der Waals surface area (Å²) in [5.41, 5.74) is 3.29. The molecule has 0 spiro atoms. The molecule has 0 saturated heterocycles. The van der Waals surface area contributed by atoms with Crippen molar-refractivity contribution in [2.45, 2.75) is 13.3 Å². The molecule has 12 nitrogen and oxygen atoms in total. The van der Waals surface area contributed by atoms with Gasteiger partial charge in [0.25, 0.3) is 11.4 Å². The highest BCUT2D eigenvalue weighted by molar-refractivity contribution is 5.81. The molecule has 0 aromatic heterocycles. The predicted molar refractivity (Wildman–Crippen MR) is 147 cm³/mol. The fourth-order valence-corrected chi connectivity index (χ4v) is 3.46. The summed E-state index contributed by atoms with van der Waals surface area (Å²) in [4.78, 5) is 32.0. The average Bonchev–Trinajstić information content (AvgIpc) is 2.87. The Hall–Kier alpha value is -5.00. The van der Waals surface area contributed by atoms with Gasteiger partial charge in [-0.2, -0.15) is 0 Å². The predicted octanol–water partition coefficient (Wildman–Crippen LogP) is 5.78. The number of nitro benzene ring substituents is 3. The number of nitrogens with zero attached hydrogens (tertiary/aromatic N) is 5. The number of aromatic hydroxyl groups is 1. The third-order valence-corrected chi connectivity index (χ3v) is 5.46. The molecule has 1 N–H and O–H groups in total. The number of nitro groups is 3. The van der Waals surface area contributed by atoms with E-state index >= 15 is 0 Å². The van der Waals surface area contributed by atoms with Crippen molar-refractivity contribution < 1.29 is 19.9 Å². The van der Waals surface area contributed by atoms with Gasteiger partial charge in [-0.25, -0.2) is 0 Å². The van der Waals surface area contributed by atoms with Crippen LogP contribution in [0.3, 0.4) is 0 Å². The molecule has 3 rings (SSSR count). The van der Waals surface area contributed by atoms with E-state index in [1.807, 2.05) is 0 Å². The van der Waals surface area contributed by atoms with E-state index in [0.717, 1.165) is 6.42 Å². The van der Waals surface area contributed by atoms with E-state index in [2.05, 4.69) is 99.5 Å². The minimum Gasteiger partial charge on any atom is -0.497 e. The average molecular weight is 524 g/mol. The van der Waals surface area contributed by atoms with Gasteiger partial charge in [-0.05, 0) is 47.4 Å². The molecule has 0 aliphatic carbocycles. The van der Waals surface area contributed by atoms with Crippen LogP contribution in [0.25, 0.3) is 5.57 Å². The van der Waals surface area contributed by atoms with Crippen LogP contribution in [0.15, 0.2) is 66.7 Å². The molecular formula is C26H29N5O7. The van der Waals surface area contributed by atoms with Crippen LogP contribution in [-0.4, -0.2) is 48.1 Å². The smallest absolute Gasteiger partial charge is 0.324 e. The molecule has 12 heteroatoms. The summed E-state index contributed by atoms with van der Waals surface area (Å²) in [6.07, 6.45) is 3.33. The van der Waals surface area contributed by atoms with Crippen LogP contribution in [0, 0.1) is 30.3 Å². The summed E-state index contributed by atoms with van der Waals surface area (Å²) < 4.78 is 0. The highest BCUT2D eigenvalue weighted by Gasteiger charge is 2.30. The monoisotopic (exact) mass is 523 g/mol. The quantitative estimate of drug-likeness (QED) is 0.286. The first kappa shape index (κ1) is 29.2. The molecule has 0 radical (unpaired) electrons. The molecule has 3 aromatic carbocycles. The van der Waals surface area contributed by atoms with E-state index < -0.39 is 37.6 Å². The Balaban J connectivity index is 0.000000281. The van der Waals surface area contributed by atoms with Crippen molar-refractivity contribution in [3.8, 4) is 5.75 Å². The van der Waals surface area contributed by atoms with Crippen LogP contribution in [0.1, 0.15) is 24.5 Å². The Bertz CT molecular complexity index is 1250. The lowest BCUT2D eigenvalue weighted by atomic mass is 9.96. The Morgan fingerprint density at radius 1 is 0.737 bits per heavy atom. The third kappa shape index (κ3) is 7.26. The molecule has 0 aliphatic rings. The van der Waals surface area contributed by atoms with Gasteiger partial charge >= 0.3 is 11.4 Å². The fourth-order valence-electron chi connectivity index (χ4n) is 3.46. The van der Waals surface area contributed by atoms with Crippen molar-refractivity contribution in [1.29, 1.82) is 0 Å². The van der Waals surface area contributed by atoms with Crippen molar-refractivity contribution in [1.82, 2.24) is 0 Å². The van der Waals surface area contributed by atoms with Gasteiger partial charge in [0.15, 0.2) is 0 Å². The molecular weight excluding hydrogens is 494 g/mol. The van der Waals surface area contributed by atoms with Gasteiger partial charge in [0, 0.05) is 39.6 Å². The second-order valence-electron chi connectivity index (χ2n) is 8.51. The van der Waals surface area contributed by atoms with E-state index in [0.29, 0.717) is 12.1 Å². The maximum Gasteiger partial charge on any atom is 0.324 e. The van der Waals surface area contributed by atoms with Gasteiger partial charge in [-0.15, -0.1) is 0 Å². The van der Waals surface area contributed by atoms with E-state index in [1.165, 1.54) is 28.1 Å². The maximum absolute atomic E-state index is 10.4. The molecule has 38 heavy (non-hydrogen) atoms. The topological polar surface area (TPSA) is 156 Å². The summed E-state index contributed by atoms with van der Waals surface area (Å²) in [6, 6.07) is 18.4. The molecule has 0 bridgehead atoms. The minimum atomic E-state index is -1.21. The number of anilines is 2. The number of allylic oxidation sites excluding steroid dienone is 1. The minimum absolute atomic E-state index is 0.447. The largest absolute Gasteiger partial charge is 0.497 e. The number of hydrogen-bond donors (Lipinski definition) is 1. The number of non-ortho nitro benzene ring substituents is 1. The van der Waals surface area contributed by atoms with Crippen molar-refractivity contribution in [2.75, 3.05) is 38.0 Å².